The van der Waals surface area contributed by atoms with Gasteiger partial charge in [0.15, 0.2) is 7.98 Å². The van der Waals surface area contributed by atoms with E-state index in [0.29, 0.717) is 6.54 Å². The van der Waals surface area contributed by atoms with Gasteiger partial charge in [-0.1, -0.05) is 5.18 Å². The van der Waals surface area contributed by atoms with Crippen molar-refractivity contribution in [2.45, 2.75) is 0 Å². The highest BCUT2D eigenvalue weighted by Crippen LogP contribution is 1.57. The van der Waals surface area contributed by atoms with Crippen molar-refractivity contribution < 1.29 is 0 Å². The summed E-state index contributed by atoms with van der Waals surface area (Å²) in [4.78, 5) is 9.22. The van der Waals surface area contributed by atoms with Crippen LogP contribution >= 0.6 is 0 Å². The van der Waals surface area contributed by atoms with Crippen molar-refractivity contribution in [2.24, 2.45) is 5.18 Å². The molecule has 1 N–H and O–H groups in total. The van der Waals surface area contributed by atoms with E-state index in [1.54, 1.807) is 0 Å². The number of nitrogens with one attached hydrogen (secondary N) is 1. The maximum Gasteiger partial charge on any atom is 0.177 e. The van der Waals surface area contributed by atoms with E-state index in [2.05, 4.69) is 10.4 Å². The van der Waals surface area contributed by atoms with Crippen molar-refractivity contribution in [2.75, 3.05) is 13.1 Å². The smallest absolute Gasteiger partial charge is 0.177 e. The zero-order valence-electron chi connectivity index (χ0n) is 3.35. The Balaban J connectivity index is 2.49. The molecule has 6 heavy (non-hydrogen) atoms. The van der Waals surface area contributed by atoms with Gasteiger partial charge in [-0.25, -0.2) is 0 Å². The van der Waals surface area contributed by atoms with Crippen LogP contribution in [-0.4, -0.2) is 21.1 Å². The van der Waals surface area contributed by atoms with Crippen molar-refractivity contribution in [3.05, 3.63) is 4.91 Å². The highest BCUT2D eigenvalue weighted by molar-refractivity contribution is 6.04. The Labute approximate surface area is 37.5 Å². The largest absolute Gasteiger partial charge is 0.365 e. The van der Waals surface area contributed by atoms with Crippen molar-refractivity contribution in [3.63, 3.8) is 0 Å². The number of nitrogens with zero attached hydrogens (tertiary/aromatic N) is 1. The van der Waals surface area contributed by atoms with Gasteiger partial charge in [-0.15, -0.1) is 0 Å². The first-order valence-electron chi connectivity index (χ1n) is 1.64. The third kappa shape index (κ3) is 3.62. The molecule has 0 bridgehead atoms. The lowest BCUT2D eigenvalue weighted by molar-refractivity contribution is 0.902. The maximum atomic E-state index is 9.22. The Morgan fingerprint density at radius 3 is 2.67 bits per heavy atom. The van der Waals surface area contributed by atoms with Crippen LogP contribution in [-0.2, 0) is 0 Å². The molecule has 0 aliphatic carbocycles. The number of hydrogen-bond donors (Lipinski definition) is 1. The molecule has 0 heterocycles. The van der Waals surface area contributed by atoms with E-state index in [1.807, 2.05) is 0 Å². The lowest BCUT2D eigenvalue weighted by Gasteiger charge is -1.83. The average Bonchev–Trinajstić information content (AvgIpc) is 1.61. The van der Waals surface area contributed by atoms with E-state index in [0.717, 1.165) is 0 Å². The second kappa shape index (κ2) is 4.62. The van der Waals surface area contributed by atoms with Gasteiger partial charge in [0, 0.05) is 6.54 Å². The summed E-state index contributed by atoms with van der Waals surface area (Å²) >= 11 is 0. The number of nitroso groups, excluding NO2 is 1. The fraction of sp³-hybridized carbons (Fsp3) is 1.00. The monoisotopic (exact) mass is 84.0 g/mol. The Hall–Kier alpha value is -0.375. The summed E-state index contributed by atoms with van der Waals surface area (Å²) in [5.41, 5.74) is 0. The van der Waals surface area contributed by atoms with E-state index in [4.69, 9.17) is 7.98 Å². The van der Waals surface area contributed by atoms with Gasteiger partial charge in [-0.3, -0.25) is 0 Å². The maximum absolute atomic E-state index is 9.22. The van der Waals surface area contributed by atoms with Crippen molar-refractivity contribution in [3.8, 4) is 0 Å². The van der Waals surface area contributed by atoms with E-state index >= 15 is 0 Å². The topological polar surface area (TPSA) is 41.5 Å². The molecule has 0 aromatic heterocycles. The van der Waals surface area contributed by atoms with Crippen molar-refractivity contribution in [1.29, 1.82) is 0 Å². The van der Waals surface area contributed by atoms with Gasteiger partial charge in [-0.2, -0.15) is 4.91 Å². The third-order valence-corrected chi connectivity index (χ3v) is 0.347. The molecule has 0 saturated heterocycles. The number of hydrogen-bond acceptors (Lipinski definition) is 3. The van der Waals surface area contributed by atoms with Crippen LogP contribution in [0.25, 0.3) is 0 Å². The normalized spacial score (nSPS) is 8.00. The van der Waals surface area contributed by atoms with Crippen LogP contribution < -0.4 is 5.23 Å². The van der Waals surface area contributed by atoms with Gasteiger partial charge in [0.1, 0.15) is 0 Å². The van der Waals surface area contributed by atoms with Gasteiger partial charge in [0.25, 0.3) is 0 Å². The minimum atomic E-state index is 0.247. The molecule has 0 unspecified atom stereocenters. The highest BCUT2D eigenvalue weighted by Gasteiger charge is 1.73. The zero-order valence-corrected chi connectivity index (χ0v) is 3.35. The van der Waals surface area contributed by atoms with Gasteiger partial charge >= 0.3 is 0 Å². The Kier molecular flexibility index (Phi) is 4.34. The third-order valence-electron chi connectivity index (χ3n) is 0.347. The van der Waals surface area contributed by atoms with Crippen LogP contribution in [0, 0.1) is 4.91 Å². The first kappa shape index (κ1) is 5.62. The highest BCUT2D eigenvalue weighted by atomic mass is 16.3. The number of rotatable bonds is 3. The molecular formula is C2H5BN2O. The molecule has 0 aromatic rings. The van der Waals surface area contributed by atoms with Crippen molar-refractivity contribution >= 4 is 7.98 Å². The minimum Gasteiger partial charge on any atom is -0.365 e. The van der Waals surface area contributed by atoms with Gasteiger partial charge in [-0.05, 0) is 0 Å². The lowest BCUT2D eigenvalue weighted by atomic mass is 10.4. The second-order valence-electron chi connectivity index (χ2n) is 0.807. The van der Waals surface area contributed by atoms with E-state index in [9.17, 15) is 4.91 Å². The van der Waals surface area contributed by atoms with Crippen LogP contribution in [0.15, 0.2) is 5.18 Å². The summed E-state index contributed by atoms with van der Waals surface area (Å²) in [7, 11) is 4.77. The molecule has 0 fully saturated rings. The fourth-order valence-electron chi connectivity index (χ4n) is 0.110. The second-order valence-corrected chi connectivity index (χ2v) is 0.807. The van der Waals surface area contributed by atoms with Crippen LogP contribution in [0.5, 0.6) is 0 Å². The molecule has 0 saturated carbocycles. The van der Waals surface area contributed by atoms with E-state index in [-0.39, 0.29) is 6.54 Å². The minimum absolute atomic E-state index is 0.247. The summed E-state index contributed by atoms with van der Waals surface area (Å²) < 4.78 is 0. The molecule has 0 atom stereocenters. The van der Waals surface area contributed by atoms with Crippen LogP contribution in [0.4, 0.5) is 0 Å². The lowest BCUT2D eigenvalue weighted by Crippen LogP contribution is -2.11. The molecule has 0 aromatic carbocycles. The SMILES string of the molecule is [B]NCCN=O. The summed E-state index contributed by atoms with van der Waals surface area (Å²) in [6.45, 7) is 0.708. The molecule has 0 amide bonds. The molecule has 0 aliphatic heterocycles. The zero-order chi connectivity index (χ0) is 4.83. The van der Waals surface area contributed by atoms with Gasteiger partial charge < -0.3 is 5.23 Å². The van der Waals surface area contributed by atoms with Crippen LogP contribution in [0.2, 0.25) is 0 Å². The van der Waals surface area contributed by atoms with Crippen LogP contribution in [0.1, 0.15) is 0 Å². The van der Waals surface area contributed by atoms with Crippen molar-refractivity contribution in [1.82, 2.24) is 5.23 Å². The van der Waals surface area contributed by atoms with Gasteiger partial charge in [0.05, 0.1) is 6.54 Å². The molecular weight excluding hydrogens is 78.8 g/mol. The first-order chi connectivity index (χ1) is 2.91. The summed E-state index contributed by atoms with van der Waals surface area (Å²) in [6, 6.07) is 0. The first-order valence-corrected chi connectivity index (χ1v) is 1.64. The molecule has 0 aliphatic rings. The quantitative estimate of drug-likeness (QED) is 0.282. The average molecular weight is 83.9 g/mol. The molecule has 3 nitrogen and oxygen atoms in total. The predicted octanol–water partition coefficient (Wildman–Crippen LogP) is -0.574. The standard InChI is InChI=1S/C2H5BN2O/c3-4-1-2-5-6/h4H,1-2H2. The van der Waals surface area contributed by atoms with E-state index in [1.165, 1.54) is 0 Å². The Bertz CT molecular complexity index is 40.5. The Morgan fingerprint density at radius 1 is 1.83 bits per heavy atom. The molecule has 4 heteroatoms. The fourth-order valence-corrected chi connectivity index (χ4v) is 0.110. The molecule has 2 radical (unpaired) electrons. The molecule has 32 valence electrons. The Morgan fingerprint density at radius 2 is 2.50 bits per heavy atom. The van der Waals surface area contributed by atoms with E-state index < -0.39 is 0 Å². The summed E-state index contributed by atoms with van der Waals surface area (Å²) in [5.74, 6) is 0. The molecule has 0 rings (SSSR count). The summed E-state index contributed by atoms with van der Waals surface area (Å²) in [6.07, 6.45) is 0. The predicted molar refractivity (Wildman–Crippen MR) is 24.4 cm³/mol. The molecule has 0 spiro atoms. The summed E-state index contributed by atoms with van der Waals surface area (Å²) in [5, 5.41) is 4.81. The van der Waals surface area contributed by atoms with Crippen LogP contribution in [0.3, 0.4) is 0 Å². The van der Waals surface area contributed by atoms with Gasteiger partial charge in [0.2, 0.25) is 0 Å².